The molecule has 0 aliphatic carbocycles. The fourth-order valence-electron chi connectivity index (χ4n) is 2.03. The minimum absolute atomic E-state index is 0.181. The number of hydrogen-bond acceptors (Lipinski definition) is 6. The van der Waals surface area contributed by atoms with Crippen LogP contribution in [0.1, 0.15) is 18.3 Å². The summed E-state index contributed by atoms with van der Waals surface area (Å²) in [4.78, 5) is 11.5. The first-order valence-corrected chi connectivity index (χ1v) is 9.11. The Morgan fingerprint density at radius 3 is 2.92 bits per heavy atom. The zero-order valence-corrected chi connectivity index (χ0v) is 15.8. The van der Waals surface area contributed by atoms with E-state index in [2.05, 4.69) is 16.8 Å². The maximum atomic E-state index is 11.5. The summed E-state index contributed by atoms with van der Waals surface area (Å²) in [6.45, 7) is 8.58. The molecule has 0 aliphatic rings. The predicted molar refractivity (Wildman–Crippen MR) is 98.1 cm³/mol. The molecule has 1 heterocycles. The molecule has 0 amide bonds. The molecule has 0 fully saturated rings. The maximum Gasteiger partial charge on any atom is 0.316 e. The van der Waals surface area contributed by atoms with Crippen molar-refractivity contribution in [3.63, 3.8) is 0 Å². The normalized spacial score (nSPS) is 10.5. The van der Waals surface area contributed by atoms with Gasteiger partial charge in [0.15, 0.2) is 11.0 Å². The molecule has 0 saturated heterocycles. The third-order valence-electron chi connectivity index (χ3n) is 3.23. The van der Waals surface area contributed by atoms with Gasteiger partial charge < -0.3 is 9.47 Å². The standard InChI is InChI=1S/C17H20ClN3O3S/c1-4-8-21-15(10-24-13-6-7-14(18)12(3)9-13)19-20-17(21)25-11-16(22)23-5-2/h4,6-7,9H,1,5,8,10-11H2,2-3H3. The Morgan fingerprint density at radius 1 is 1.44 bits per heavy atom. The van der Waals surface area contributed by atoms with Crippen LogP contribution < -0.4 is 4.74 Å². The lowest BCUT2D eigenvalue weighted by atomic mass is 10.2. The zero-order valence-electron chi connectivity index (χ0n) is 14.2. The van der Waals surface area contributed by atoms with Gasteiger partial charge in [0.2, 0.25) is 0 Å². The Labute approximate surface area is 156 Å². The van der Waals surface area contributed by atoms with Gasteiger partial charge in [-0.25, -0.2) is 0 Å². The second kappa shape index (κ2) is 9.48. The molecule has 2 rings (SSSR count). The molecule has 0 spiro atoms. The molecule has 0 atom stereocenters. The van der Waals surface area contributed by atoms with Crippen molar-refractivity contribution in [2.75, 3.05) is 12.4 Å². The van der Waals surface area contributed by atoms with Crippen LogP contribution >= 0.6 is 23.4 Å². The molecule has 0 unspecified atom stereocenters. The topological polar surface area (TPSA) is 66.2 Å². The second-order valence-electron chi connectivity index (χ2n) is 5.09. The molecule has 0 saturated carbocycles. The van der Waals surface area contributed by atoms with E-state index in [9.17, 15) is 4.79 Å². The Morgan fingerprint density at radius 2 is 2.24 bits per heavy atom. The minimum atomic E-state index is -0.282. The average molecular weight is 382 g/mol. The Hall–Kier alpha value is -1.99. The number of hydrogen-bond donors (Lipinski definition) is 0. The van der Waals surface area contributed by atoms with Crippen molar-refractivity contribution in [2.24, 2.45) is 0 Å². The number of ether oxygens (including phenoxy) is 2. The van der Waals surface area contributed by atoms with Crippen molar-refractivity contribution in [1.29, 1.82) is 0 Å². The van der Waals surface area contributed by atoms with Gasteiger partial charge in [-0.05, 0) is 37.6 Å². The number of nitrogens with zero attached hydrogens (tertiary/aromatic N) is 3. The third kappa shape index (κ3) is 5.51. The van der Waals surface area contributed by atoms with Crippen LogP contribution in [0.25, 0.3) is 0 Å². The number of rotatable bonds is 9. The number of aromatic nitrogens is 3. The van der Waals surface area contributed by atoms with Crippen LogP contribution in [0.2, 0.25) is 5.02 Å². The first-order valence-electron chi connectivity index (χ1n) is 7.75. The van der Waals surface area contributed by atoms with Gasteiger partial charge in [-0.1, -0.05) is 29.4 Å². The highest BCUT2D eigenvalue weighted by atomic mass is 35.5. The average Bonchev–Trinajstić information content (AvgIpc) is 2.97. The van der Waals surface area contributed by atoms with Crippen molar-refractivity contribution >= 4 is 29.3 Å². The number of benzene rings is 1. The minimum Gasteiger partial charge on any atom is -0.486 e. The highest BCUT2D eigenvalue weighted by Gasteiger charge is 2.14. The van der Waals surface area contributed by atoms with E-state index in [1.807, 2.05) is 17.6 Å². The van der Waals surface area contributed by atoms with Gasteiger partial charge in [0, 0.05) is 11.6 Å². The first-order chi connectivity index (χ1) is 12.0. The maximum absolute atomic E-state index is 11.5. The van der Waals surface area contributed by atoms with Crippen LogP contribution in [0.5, 0.6) is 5.75 Å². The van der Waals surface area contributed by atoms with E-state index in [-0.39, 0.29) is 18.3 Å². The number of allylic oxidation sites excluding steroid dienone is 1. The highest BCUT2D eigenvalue weighted by Crippen LogP contribution is 2.23. The van der Waals surface area contributed by atoms with Crippen molar-refractivity contribution in [2.45, 2.75) is 32.2 Å². The van der Waals surface area contributed by atoms with E-state index >= 15 is 0 Å². The van der Waals surface area contributed by atoms with Crippen LogP contribution in [0.3, 0.4) is 0 Å². The van der Waals surface area contributed by atoms with E-state index in [0.717, 1.165) is 5.56 Å². The molecule has 8 heteroatoms. The van der Waals surface area contributed by atoms with Gasteiger partial charge in [0.05, 0.1) is 12.4 Å². The lowest BCUT2D eigenvalue weighted by molar-refractivity contribution is -0.139. The smallest absolute Gasteiger partial charge is 0.316 e. The zero-order chi connectivity index (χ0) is 18.2. The van der Waals surface area contributed by atoms with E-state index in [4.69, 9.17) is 21.1 Å². The lowest BCUT2D eigenvalue weighted by Gasteiger charge is -2.10. The van der Waals surface area contributed by atoms with Gasteiger partial charge in [0.1, 0.15) is 12.4 Å². The van der Waals surface area contributed by atoms with Crippen molar-refractivity contribution in [1.82, 2.24) is 14.8 Å². The molecular formula is C17H20ClN3O3S. The van der Waals surface area contributed by atoms with E-state index in [1.54, 1.807) is 25.1 Å². The number of aryl methyl sites for hydroxylation is 1. The molecule has 134 valence electrons. The predicted octanol–water partition coefficient (Wildman–Crippen LogP) is 3.66. The Kier molecular flexibility index (Phi) is 7.33. The van der Waals surface area contributed by atoms with Gasteiger partial charge in [0.25, 0.3) is 0 Å². The molecule has 0 N–H and O–H groups in total. The SMILES string of the molecule is C=CCn1c(COc2ccc(Cl)c(C)c2)nnc1SCC(=O)OCC. The number of halogens is 1. The summed E-state index contributed by atoms with van der Waals surface area (Å²) < 4.78 is 12.6. The van der Waals surface area contributed by atoms with E-state index in [1.165, 1.54) is 11.8 Å². The summed E-state index contributed by atoms with van der Waals surface area (Å²) in [6, 6.07) is 5.47. The van der Waals surface area contributed by atoms with Crippen LogP contribution in [-0.2, 0) is 22.7 Å². The van der Waals surface area contributed by atoms with Crippen LogP contribution in [0.15, 0.2) is 36.0 Å². The van der Waals surface area contributed by atoms with Crippen LogP contribution in [0, 0.1) is 6.92 Å². The Balaban J connectivity index is 2.05. The number of carbonyl (C=O) groups is 1. The molecule has 6 nitrogen and oxygen atoms in total. The Bertz CT molecular complexity index is 749. The molecule has 0 aliphatic heterocycles. The second-order valence-corrected chi connectivity index (χ2v) is 6.44. The number of carbonyl (C=O) groups excluding carboxylic acids is 1. The highest BCUT2D eigenvalue weighted by molar-refractivity contribution is 7.99. The summed E-state index contributed by atoms with van der Waals surface area (Å²) >= 11 is 7.29. The fraction of sp³-hybridized carbons (Fsp3) is 0.353. The largest absolute Gasteiger partial charge is 0.486 e. The van der Waals surface area contributed by atoms with Crippen LogP contribution in [-0.4, -0.2) is 33.1 Å². The van der Waals surface area contributed by atoms with Gasteiger partial charge in [-0.2, -0.15) is 0 Å². The summed E-state index contributed by atoms with van der Waals surface area (Å²) in [6.07, 6.45) is 1.74. The van der Waals surface area contributed by atoms with Crippen molar-refractivity contribution < 1.29 is 14.3 Å². The summed E-state index contributed by atoms with van der Waals surface area (Å²) in [7, 11) is 0. The molecule has 0 radical (unpaired) electrons. The number of esters is 1. The number of thioether (sulfide) groups is 1. The molecular weight excluding hydrogens is 362 g/mol. The summed E-state index contributed by atoms with van der Waals surface area (Å²) in [5.74, 6) is 1.25. The van der Waals surface area contributed by atoms with E-state index in [0.29, 0.717) is 34.9 Å². The molecule has 1 aromatic carbocycles. The van der Waals surface area contributed by atoms with Crippen molar-refractivity contribution in [3.8, 4) is 5.75 Å². The summed E-state index contributed by atoms with van der Waals surface area (Å²) in [5.41, 5.74) is 0.942. The molecule has 2 aromatic rings. The molecule has 25 heavy (non-hydrogen) atoms. The monoisotopic (exact) mass is 381 g/mol. The van der Waals surface area contributed by atoms with E-state index < -0.39 is 0 Å². The quantitative estimate of drug-likeness (QED) is 0.375. The van der Waals surface area contributed by atoms with Crippen LogP contribution in [0.4, 0.5) is 0 Å². The van der Waals surface area contributed by atoms with Gasteiger partial charge in [-0.15, -0.1) is 16.8 Å². The van der Waals surface area contributed by atoms with Crippen molar-refractivity contribution in [3.05, 3.63) is 47.3 Å². The fourth-order valence-corrected chi connectivity index (χ4v) is 2.91. The first kappa shape index (κ1) is 19.3. The van der Waals surface area contributed by atoms with Gasteiger partial charge >= 0.3 is 5.97 Å². The summed E-state index contributed by atoms with van der Waals surface area (Å²) in [5, 5.41) is 9.60. The lowest BCUT2D eigenvalue weighted by Crippen LogP contribution is -2.10. The third-order valence-corrected chi connectivity index (χ3v) is 4.59. The molecule has 0 bridgehead atoms. The molecule has 1 aromatic heterocycles. The van der Waals surface area contributed by atoms with Gasteiger partial charge in [-0.3, -0.25) is 9.36 Å².